The Labute approximate surface area is 112 Å². The van der Waals surface area contributed by atoms with E-state index in [4.69, 9.17) is 9.76 Å². The monoisotopic (exact) mass is 268 g/mol. The van der Waals surface area contributed by atoms with Gasteiger partial charge >= 0.3 is 13.5 Å². The molecule has 1 aromatic carbocycles. The van der Waals surface area contributed by atoms with Crippen molar-refractivity contribution >= 4 is 18.9 Å². The lowest BCUT2D eigenvalue weighted by molar-refractivity contribution is -0.0893. The van der Waals surface area contributed by atoms with Gasteiger partial charge in [0.2, 0.25) is 0 Å². The van der Waals surface area contributed by atoms with Gasteiger partial charge in [-0.15, -0.1) is 0 Å². The molecule has 0 bridgehead atoms. The molecular weight excluding hydrogens is 250 g/mol. The number of aliphatic hydroxyl groups is 1. The predicted molar refractivity (Wildman–Crippen MR) is 71.6 cm³/mol. The number of carboxylic acids is 1. The Morgan fingerprint density at radius 1 is 1.26 bits per heavy atom. The Hall–Kier alpha value is -1.40. The van der Waals surface area contributed by atoms with E-state index in [2.05, 4.69) is 0 Å². The van der Waals surface area contributed by atoms with Crippen LogP contribution < -0.4 is 5.46 Å². The fourth-order valence-corrected chi connectivity index (χ4v) is 1.30. The van der Waals surface area contributed by atoms with Gasteiger partial charge in [0.1, 0.15) is 5.82 Å². The standard InChI is InChI=1S/C13H18BFO4/c1-12(2,18)13(3,4)19-14-9-5-8(11(16)17)6-10(15)7-9/h5-7,14,18H,1-4H3,(H,16,17). The van der Waals surface area contributed by atoms with E-state index in [1.165, 1.54) is 12.1 Å². The van der Waals surface area contributed by atoms with Crippen molar-refractivity contribution in [2.75, 3.05) is 0 Å². The Kier molecular flexibility index (Phi) is 4.37. The number of halogens is 1. The van der Waals surface area contributed by atoms with Gasteiger partial charge in [0.15, 0.2) is 0 Å². The zero-order valence-corrected chi connectivity index (χ0v) is 11.5. The maximum atomic E-state index is 13.3. The van der Waals surface area contributed by atoms with Gasteiger partial charge in [-0.1, -0.05) is 6.07 Å². The summed E-state index contributed by atoms with van der Waals surface area (Å²) in [5, 5.41) is 18.8. The van der Waals surface area contributed by atoms with Gasteiger partial charge in [-0.2, -0.15) is 0 Å². The van der Waals surface area contributed by atoms with Crippen LogP contribution in [-0.4, -0.2) is 34.9 Å². The molecule has 0 saturated heterocycles. The Morgan fingerprint density at radius 2 is 1.84 bits per heavy atom. The van der Waals surface area contributed by atoms with Gasteiger partial charge in [0, 0.05) is 0 Å². The summed E-state index contributed by atoms with van der Waals surface area (Å²) in [5.74, 6) is -1.82. The Morgan fingerprint density at radius 3 is 2.32 bits per heavy atom. The molecule has 0 aliphatic carbocycles. The molecule has 0 aromatic heterocycles. The summed E-state index contributed by atoms with van der Waals surface area (Å²) in [4.78, 5) is 10.8. The molecule has 2 N–H and O–H groups in total. The van der Waals surface area contributed by atoms with Gasteiger partial charge in [-0.05, 0) is 45.3 Å². The number of carbonyl (C=O) groups is 1. The fraction of sp³-hybridized carbons (Fsp3) is 0.462. The predicted octanol–water partition coefficient (Wildman–Crippen LogP) is 1.07. The van der Waals surface area contributed by atoms with Crippen molar-refractivity contribution in [3.63, 3.8) is 0 Å². The molecule has 0 aliphatic heterocycles. The third-order valence-corrected chi connectivity index (χ3v) is 3.28. The van der Waals surface area contributed by atoms with Crippen LogP contribution in [0.5, 0.6) is 0 Å². The van der Waals surface area contributed by atoms with Crippen LogP contribution in [0.3, 0.4) is 0 Å². The van der Waals surface area contributed by atoms with E-state index in [-0.39, 0.29) is 13.0 Å². The molecule has 104 valence electrons. The SMILES string of the molecule is CC(C)(O)C(C)(C)OBc1cc(F)cc(C(=O)O)c1. The lowest BCUT2D eigenvalue weighted by atomic mass is 9.82. The summed E-state index contributed by atoms with van der Waals surface area (Å²) in [5.41, 5.74) is -1.63. The highest BCUT2D eigenvalue weighted by Gasteiger charge is 2.35. The molecule has 0 fully saturated rings. The summed E-state index contributed by atoms with van der Waals surface area (Å²) in [6, 6.07) is 3.52. The summed E-state index contributed by atoms with van der Waals surface area (Å²) in [7, 11) is 0.0228. The van der Waals surface area contributed by atoms with Crippen molar-refractivity contribution < 1.29 is 24.1 Å². The van der Waals surface area contributed by atoms with Crippen LogP contribution in [-0.2, 0) is 4.65 Å². The van der Waals surface area contributed by atoms with Crippen LogP contribution in [0.4, 0.5) is 4.39 Å². The van der Waals surface area contributed by atoms with E-state index in [9.17, 15) is 14.3 Å². The minimum Gasteiger partial charge on any atom is -0.478 e. The summed E-state index contributed by atoms with van der Waals surface area (Å²) < 4.78 is 18.8. The van der Waals surface area contributed by atoms with E-state index in [0.717, 1.165) is 6.07 Å². The van der Waals surface area contributed by atoms with E-state index in [1.807, 2.05) is 0 Å². The van der Waals surface area contributed by atoms with E-state index < -0.39 is 23.0 Å². The molecule has 19 heavy (non-hydrogen) atoms. The third kappa shape index (κ3) is 4.04. The summed E-state index contributed by atoms with van der Waals surface area (Å²) in [6.45, 7) is 6.65. The molecule has 0 amide bonds. The van der Waals surface area contributed by atoms with E-state index in [0.29, 0.717) is 5.46 Å². The molecule has 4 nitrogen and oxygen atoms in total. The van der Waals surface area contributed by atoms with E-state index in [1.54, 1.807) is 27.7 Å². The summed E-state index contributed by atoms with van der Waals surface area (Å²) in [6.07, 6.45) is 0. The molecule has 0 unspecified atom stereocenters. The largest absolute Gasteiger partial charge is 0.478 e. The quantitative estimate of drug-likeness (QED) is 0.784. The first-order valence-electron chi connectivity index (χ1n) is 5.92. The zero-order valence-electron chi connectivity index (χ0n) is 11.5. The van der Waals surface area contributed by atoms with Crippen LogP contribution in [0, 0.1) is 5.82 Å². The van der Waals surface area contributed by atoms with Gasteiger partial charge in [-0.25, -0.2) is 9.18 Å². The number of aromatic carboxylic acids is 1. The Balaban J connectivity index is 2.87. The molecule has 1 rings (SSSR count). The first-order chi connectivity index (χ1) is 8.53. The number of carboxylic acid groups (broad SMARTS) is 1. The van der Waals surface area contributed by atoms with Gasteiger partial charge in [-0.3, -0.25) is 0 Å². The number of benzene rings is 1. The molecule has 1 aromatic rings. The van der Waals surface area contributed by atoms with E-state index >= 15 is 0 Å². The second kappa shape index (κ2) is 5.31. The van der Waals surface area contributed by atoms with Crippen LogP contribution in [0.2, 0.25) is 0 Å². The normalized spacial score (nSPS) is 12.3. The van der Waals surface area contributed by atoms with Crippen molar-refractivity contribution in [3.8, 4) is 0 Å². The lowest BCUT2D eigenvalue weighted by Crippen LogP contribution is -2.49. The first kappa shape index (κ1) is 15.7. The molecule has 6 heteroatoms. The fourth-order valence-electron chi connectivity index (χ4n) is 1.30. The minimum atomic E-state index is -1.19. The van der Waals surface area contributed by atoms with Crippen LogP contribution in [0.25, 0.3) is 0 Å². The highest BCUT2D eigenvalue weighted by molar-refractivity contribution is 6.47. The molecule has 0 radical (unpaired) electrons. The molecule has 0 aliphatic rings. The van der Waals surface area contributed by atoms with Gasteiger partial charge in [0.25, 0.3) is 0 Å². The second-order valence-corrected chi connectivity index (χ2v) is 5.51. The second-order valence-electron chi connectivity index (χ2n) is 5.51. The topological polar surface area (TPSA) is 66.8 Å². The zero-order chi connectivity index (χ0) is 14.8. The van der Waals surface area contributed by atoms with Crippen molar-refractivity contribution in [1.29, 1.82) is 0 Å². The van der Waals surface area contributed by atoms with Crippen molar-refractivity contribution in [1.82, 2.24) is 0 Å². The van der Waals surface area contributed by atoms with Crippen LogP contribution >= 0.6 is 0 Å². The van der Waals surface area contributed by atoms with Crippen molar-refractivity contribution in [2.24, 2.45) is 0 Å². The average Bonchev–Trinajstić information content (AvgIpc) is 2.24. The van der Waals surface area contributed by atoms with Gasteiger partial charge in [0.05, 0.1) is 16.8 Å². The Bertz CT molecular complexity index is 480. The highest BCUT2D eigenvalue weighted by Crippen LogP contribution is 2.24. The molecular formula is C13H18BFO4. The van der Waals surface area contributed by atoms with Crippen LogP contribution in [0.1, 0.15) is 38.1 Å². The number of hydrogen-bond acceptors (Lipinski definition) is 3. The smallest absolute Gasteiger partial charge is 0.335 e. The summed E-state index contributed by atoms with van der Waals surface area (Å²) >= 11 is 0. The number of rotatable bonds is 5. The van der Waals surface area contributed by atoms with Crippen molar-refractivity contribution in [3.05, 3.63) is 29.6 Å². The van der Waals surface area contributed by atoms with Crippen LogP contribution in [0.15, 0.2) is 18.2 Å². The maximum absolute atomic E-state index is 13.3. The molecule has 0 heterocycles. The average molecular weight is 268 g/mol. The molecule has 0 saturated carbocycles. The third-order valence-electron chi connectivity index (χ3n) is 3.28. The molecule has 0 atom stereocenters. The highest BCUT2D eigenvalue weighted by atomic mass is 19.1. The number of hydrogen-bond donors (Lipinski definition) is 2. The maximum Gasteiger partial charge on any atom is 0.335 e. The lowest BCUT2D eigenvalue weighted by Gasteiger charge is -2.37. The molecule has 0 spiro atoms. The van der Waals surface area contributed by atoms with Gasteiger partial charge < -0.3 is 14.9 Å². The minimum absolute atomic E-state index is 0.0228. The van der Waals surface area contributed by atoms with Crippen molar-refractivity contribution in [2.45, 2.75) is 38.9 Å². The first-order valence-corrected chi connectivity index (χ1v) is 5.92.